The van der Waals surface area contributed by atoms with Crippen LogP contribution in [0.4, 0.5) is 0 Å². The van der Waals surface area contributed by atoms with E-state index in [2.05, 4.69) is 12.1 Å². The molecule has 1 atom stereocenters. The fraction of sp³-hybridized carbons (Fsp3) is 0.368. The van der Waals surface area contributed by atoms with Crippen molar-refractivity contribution in [1.29, 1.82) is 0 Å². The van der Waals surface area contributed by atoms with E-state index in [0.717, 1.165) is 41.8 Å². The van der Waals surface area contributed by atoms with Gasteiger partial charge in [-0.3, -0.25) is 9.36 Å². The lowest BCUT2D eigenvalue weighted by Crippen LogP contribution is -2.23. The number of thioether (sulfide) groups is 1. The first-order chi connectivity index (χ1) is 12.6. The van der Waals surface area contributed by atoms with E-state index in [0.29, 0.717) is 10.6 Å². The van der Waals surface area contributed by atoms with E-state index < -0.39 is 0 Å². The molecular formula is C19H19ClN2O2S2. The average molecular weight is 407 g/mol. The first-order valence-corrected chi connectivity index (χ1v) is 10.7. The Kier molecular flexibility index (Phi) is 5.36. The number of rotatable bonds is 4. The van der Waals surface area contributed by atoms with Crippen molar-refractivity contribution in [3.63, 3.8) is 0 Å². The Labute approximate surface area is 165 Å². The highest BCUT2D eigenvalue weighted by molar-refractivity contribution is 7.99. The summed E-state index contributed by atoms with van der Waals surface area (Å²) < 4.78 is 7.93. The van der Waals surface area contributed by atoms with Crippen LogP contribution in [0.3, 0.4) is 0 Å². The van der Waals surface area contributed by atoms with E-state index in [4.69, 9.17) is 21.3 Å². The van der Waals surface area contributed by atoms with Crippen LogP contribution in [0.2, 0.25) is 5.02 Å². The van der Waals surface area contributed by atoms with Gasteiger partial charge in [-0.2, -0.15) is 0 Å². The van der Waals surface area contributed by atoms with E-state index in [9.17, 15) is 4.79 Å². The zero-order valence-corrected chi connectivity index (χ0v) is 16.7. The van der Waals surface area contributed by atoms with E-state index in [1.165, 1.54) is 16.9 Å². The van der Waals surface area contributed by atoms with Crippen LogP contribution in [0.5, 0.6) is 0 Å². The molecule has 0 bridgehead atoms. The van der Waals surface area contributed by atoms with Crippen LogP contribution in [-0.4, -0.2) is 22.8 Å². The molecule has 3 heterocycles. The molecule has 0 N–H and O–H groups in total. The summed E-state index contributed by atoms with van der Waals surface area (Å²) in [5.74, 6) is 0.477. The lowest BCUT2D eigenvalue weighted by molar-refractivity contribution is 0.0656. The van der Waals surface area contributed by atoms with Gasteiger partial charge in [0.05, 0.1) is 5.52 Å². The Morgan fingerprint density at radius 3 is 2.73 bits per heavy atom. The van der Waals surface area contributed by atoms with E-state index >= 15 is 0 Å². The fourth-order valence-electron chi connectivity index (χ4n) is 3.29. The normalized spacial score (nSPS) is 16.8. The van der Waals surface area contributed by atoms with Crippen molar-refractivity contribution >= 4 is 44.9 Å². The molecule has 0 spiro atoms. The Morgan fingerprint density at radius 2 is 2.00 bits per heavy atom. The van der Waals surface area contributed by atoms with Gasteiger partial charge in [-0.05, 0) is 47.9 Å². The molecule has 1 saturated heterocycles. The van der Waals surface area contributed by atoms with Gasteiger partial charge in [0.15, 0.2) is 5.16 Å². The molecule has 0 unspecified atom stereocenters. The van der Waals surface area contributed by atoms with Crippen molar-refractivity contribution in [2.75, 3.05) is 13.2 Å². The topological polar surface area (TPSA) is 44.1 Å². The summed E-state index contributed by atoms with van der Waals surface area (Å²) in [7, 11) is 1.81. The first-order valence-electron chi connectivity index (χ1n) is 8.57. The van der Waals surface area contributed by atoms with E-state index in [-0.39, 0.29) is 10.8 Å². The zero-order chi connectivity index (χ0) is 18.1. The molecule has 1 aromatic carbocycles. The van der Waals surface area contributed by atoms with Gasteiger partial charge < -0.3 is 4.74 Å². The van der Waals surface area contributed by atoms with Crippen molar-refractivity contribution < 1.29 is 4.74 Å². The lowest BCUT2D eigenvalue weighted by Gasteiger charge is -2.30. The predicted octanol–water partition coefficient (Wildman–Crippen LogP) is 4.91. The maximum atomic E-state index is 12.6. The summed E-state index contributed by atoms with van der Waals surface area (Å²) in [6, 6.07) is 9.93. The summed E-state index contributed by atoms with van der Waals surface area (Å²) >= 11 is 9.19. The summed E-state index contributed by atoms with van der Waals surface area (Å²) in [5, 5.41) is 3.62. The molecule has 2 aromatic heterocycles. The monoisotopic (exact) mass is 406 g/mol. The van der Waals surface area contributed by atoms with Gasteiger partial charge in [0.25, 0.3) is 5.56 Å². The van der Waals surface area contributed by atoms with E-state index in [1.54, 1.807) is 23.4 Å². The summed E-state index contributed by atoms with van der Waals surface area (Å²) in [4.78, 5) is 17.4. The molecule has 3 aromatic rings. The van der Waals surface area contributed by atoms with Crippen molar-refractivity contribution in [2.45, 2.75) is 23.2 Å². The quantitative estimate of drug-likeness (QED) is 0.456. The molecule has 136 valence electrons. The first kappa shape index (κ1) is 18.0. The number of benzene rings is 1. The van der Waals surface area contributed by atoms with Crippen LogP contribution in [0, 0.1) is 5.92 Å². The lowest BCUT2D eigenvalue weighted by atomic mass is 9.92. The molecule has 7 heteroatoms. The van der Waals surface area contributed by atoms with E-state index in [1.807, 2.05) is 23.6 Å². The highest BCUT2D eigenvalue weighted by Crippen LogP contribution is 2.44. The number of thiophene rings is 1. The van der Waals surface area contributed by atoms with Crippen molar-refractivity contribution in [3.8, 4) is 0 Å². The largest absolute Gasteiger partial charge is 0.381 e. The molecule has 0 radical (unpaired) electrons. The van der Waals surface area contributed by atoms with Crippen LogP contribution in [0.1, 0.15) is 23.7 Å². The van der Waals surface area contributed by atoms with Gasteiger partial charge in [0, 0.05) is 30.5 Å². The highest BCUT2D eigenvalue weighted by atomic mass is 35.5. The van der Waals surface area contributed by atoms with Gasteiger partial charge >= 0.3 is 0 Å². The molecule has 4 rings (SSSR count). The van der Waals surface area contributed by atoms with Crippen LogP contribution in [0.15, 0.2) is 45.7 Å². The van der Waals surface area contributed by atoms with Gasteiger partial charge in [0.2, 0.25) is 0 Å². The SMILES string of the molecule is Cn1c(S[C@@H](c2ccc(Cl)cc2)C2CCOCC2)nc2ccsc2c1=O. The van der Waals surface area contributed by atoms with Crippen molar-refractivity contribution in [2.24, 2.45) is 13.0 Å². The van der Waals surface area contributed by atoms with Crippen LogP contribution in [-0.2, 0) is 11.8 Å². The molecular weight excluding hydrogens is 388 g/mol. The standard InChI is InChI=1S/C19H19ClN2O2S2/c1-22-18(23)17-15(8-11-25-17)21-19(22)26-16(13-6-9-24-10-7-13)12-2-4-14(20)5-3-12/h2-5,8,11,13,16H,6-7,9-10H2,1H3/t16-/m0/s1. The molecule has 0 amide bonds. The molecule has 1 aliphatic heterocycles. The number of halogens is 1. The van der Waals surface area contributed by atoms with Crippen LogP contribution < -0.4 is 5.56 Å². The summed E-state index contributed by atoms with van der Waals surface area (Å²) in [5.41, 5.74) is 2.02. The molecule has 1 fully saturated rings. The van der Waals surface area contributed by atoms with Crippen LogP contribution >= 0.6 is 34.7 Å². The van der Waals surface area contributed by atoms with Gasteiger partial charge in [-0.15, -0.1) is 11.3 Å². The maximum Gasteiger partial charge on any atom is 0.271 e. The van der Waals surface area contributed by atoms with Crippen LogP contribution in [0.25, 0.3) is 10.2 Å². The summed E-state index contributed by atoms with van der Waals surface area (Å²) in [6.45, 7) is 1.57. The Morgan fingerprint density at radius 1 is 1.27 bits per heavy atom. The number of aromatic nitrogens is 2. The molecule has 26 heavy (non-hydrogen) atoms. The predicted molar refractivity (Wildman–Crippen MR) is 108 cm³/mol. The number of ether oxygens (including phenoxy) is 1. The second kappa shape index (κ2) is 7.72. The third-order valence-corrected chi connectivity index (χ3v) is 7.40. The Balaban J connectivity index is 1.73. The third kappa shape index (κ3) is 3.56. The minimum atomic E-state index is 0.0225. The average Bonchev–Trinajstić information content (AvgIpc) is 3.14. The molecule has 0 saturated carbocycles. The second-order valence-corrected chi connectivity index (χ2v) is 8.89. The minimum Gasteiger partial charge on any atom is -0.381 e. The number of hydrogen-bond acceptors (Lipinski definition) is 5. The third-order valence-electron chi connectivity index (χ3n) is 4.77. The molecule has 4 nitrogen and oxygen atoms in total. The minimum absolute atomic E-state index is 0.0225. The number of nitrogens with zero attached hydrogens (tertiary/aromatic N) is 2. The molecule has 0 aliphatic carbocycles. The van der Waals surface area contributed by atoms with Crippen molar-refractivity contribution in [3.05, 3.63) is 56.7 Å². The molecule has 1 aliphatic rings. The fourth-order valence-corrected chi connectivity index (χ4v) is 5.60. The second-order valence-electron chi connectivity index (χ2n) is 6.43. The number of fused-ring (bicyclic) bond motifs is 1. The summed E-state index contributed by atoms with van der Waals surface area (Å²) in [6.07, 6.45) is 2.02. The van der Waals surface area contributed by atoms with Gasteiger partial charge in [-0.1, -0.05) is 35.5 Å². The zero-order valence-electron chi connectivity index (χ0n) is 14.4. The Hall–Kier alpha value is -1.34. The highest BCUT2D eigenvalue weighted by Gasteiger charge is 2.28. The van der Waals surface area contributed by atoms with Gasteiger partial charge in [-0.25, -0.2) is 4.98 Å². The maximum absolute atomic E-state index is 12.6. The number of hydrogen-bond donors (Lipinski definition) is 0. The Bertz CT molecular complexity index is 962. The van der Waals surface area contributed by atoms with Crippen molar-refractivity contribution in [1.82, 2.24) is 9.55 Å². The van der Waals surface area contributed by atoms with Gasteiger partial charge in [0.1, 0.15) is 4.70 Å². The smallest absolute Gasteiger partial charge is 0.271 e.